The molecule has 18 heavy (non-hydrogen) atoms. The van der Waals surface area contributed by atoms with E-state index in [4.69, 9.17) is 10.5 Å². The molecule has 1 aromatic rings. The average molecular weight is 255 g/mol. The molecule has 0 radical (unpaired) electrons. The number of hydrogen-bond acceptors (Lipinski definition) is 5. The van der Waals surface area contributed by atoms with Crippen molar-refractivity contribution in [2.75, 3.05) is 13.7 Å². The highest BCUT2D eigenvalue weighted by Crippen LogP contribution is 1.97. The number of ether oxygens (including phenoxy) is 1. The summed E-state index contributed by atoms with van der Waals surface area (Å²) in [6.45, 7) is 3.74. The number of aromatic nitrogens is 3. The maximum Gasteiger partial charge on any atom is 0.237 e. The molecular formula is C11H21N5O2. The van der Waals surface area contributed by atoms with E-state index in [0.29, 0.717) is 19.6 Å². The Morgan fingerprint density at radius 3 is 3.11 bits per heavy atom. The lowest BCUT2D eigenvalue weighted by Gasteiger charge is -2.11. The molecule has 1 rings (SSSR count). The fourth-order valence-corrected chi connectivity index (χ4v) is 1.56. The van der Waals surface area contributed by atoms with Gasteiger partial charge < -0.3 is 20.4 Å². The topological polar surface area (TPSA) is 95.1 Å². The number of carbonyl (C=O) groups is 1. The van der Waals surface area contributed by atoms with Crippen LogP contribution in [-0.4, -0.2) is 40.4 Å². The van der Waals surface area contributed by atoms with Crippen molar-refractivity contribution in [2.45, 2.75) is 38.9 Å². The third kappa shape index (κ3) is 4.42. The van der Waals surface area contributed by atoms with Gasteiger partial charge in [0.05, 0.1) is 12.6 Å². The van der Waals surface area contributed by atoms with Gasteiger partial charge >= 0.3 is 0 Å². The van der Waals surface area contributed by atoms with Gasteiger partial charge in [-0.3, -0.25) is 4.79 Å². The molecule has 7 heteroatoms. The Labute approximate surface area is 107 Å². The molecule has 1 atom stereocenters. The largest absolute Gasteiger partial charge is 0.385 e. The second-order valence-electron chi connectivity index (χ2n) is 3.99. The Morgan fingerprint density at radius 2 is 2.44 bits per heavy atom. The van der Waals surface area contributed by atoms with Gasteiger partial charge in [0, 0.05) is 20.3 Å². The summed E-state index contributed by atoms with van der Waals surface area (Å²) in [6, 6.07) is -0.502. The lowest BCUT2D eigenvalue weighted by atomic mass is 10.1. The average Bonchev–Trinajstić information content (AvgIpc) is 2.83. The van der Waals surface area contributed by atoms with Crippen LogP contribution in [0.2, 0.25) is 0 Å². The van der Waals surface area contributed by atoms with E-state index in [-0.39, 0.29) is 5.91 Å². The second kappa shape index (κ2) is 7.78. The number of aryl methyl sites for hydroxylation is 1. The molecule has 0 bridgehead atoms. The smallest absolute Gasteiger partial charge is 0.237 e. The van der Waals surface area contributed by atoms with Crippen LogP contribution in [0.5, 0.6) is 0 Å². The van der Waals surface area contributed by atoms with Crippen LogP contribution in [-0.2, 0) is 22.6 Å². The summed E-state index contributed by atoms with van der Waals surface area (Å²) in [5.74, 6) is 0.562. The van der Waals surface area contributed by atoms with Crippen LogP contribution < -0.4 is 11.1 Å². The van der Waals surface area contributed by atoms with Crippen molar-refractivity contribution in [3.63, 3.8) is 0 Å². The summed E-state index contributed by atoms with van der Waals surface area (Å²) < 4.78 is 6.78. The van der Waals surface area contributed by atoms with E-state index in [1.165, 1.54) is 0 Å². The summed E-state index contributed by atoms with van der Waals surface area (Å²) in [4.78, 5) is 11.7. The lowest BCUT2D eigenvalue weighted by molar-refractivity contribution is -0.122. The minimum Gasteiger partial charge on any atom is -0.385 e. The third-order valence-corrected chi connectivity index (χ3v) is 2.66. The Bertz CT molecular complexity index is 366. The van der Waals surface area contributed by atoms with Gasteiger partial charge in [0.1, 0.15) is 6.33 Å². The standard InChI is InChI=1S/C11H21N5O2/c1-3-16-8-14-15-10(16)7-13-11(17)9(12)5-4-6-18-2/h8-9H,3-7,12H2,1-2H3,(H,13,17). The monoisotopic (exact) mass is 255 g/mol. The molecular weight excluding hydrogens is 234 g/mol. The van der Waals surface area contributed by atoms with Crippen LogP contribution in [0.4, 0.5) is 0 Å². The summed E-state index contributed by atoms with van der Waals surface area (Å²) in [5.41, 5.74) is 5.76. The molecule has 0 aliphatic carbocycles. The van der Waals surface area contributed by atoms with Crippen LogP contribution in [0.15, 0.2) is 6.33 Å². The van der Waals surface area contributed by atoms with Crippen LogP contribution in [0.3, 0.4) is 0 Å². The van der Waals surface area contributed by atoms with Gasteiger partial charge in [0.25, 0.3) is 0 Å². The molecule has 0 spiro atoms. The maximum atomic E-state index is 11.7. The molecule has 3 N–H and O–H groups in total. The highest BCUT2D eigenvalue weighted by molar-refractivity contribution is 5.81. The Kier molecular flexibility index (Phi) is 6.31. The van der Waals surface area contributed by atoms with Gasteiger partial charge in [-0.1, -0.05) is 0 Å². The van der Waals surface area contributed by atoms with Gasteiger partial charge in [-0.2, -0.15) is 0 Å². The zero-order valence-corrected chi connectivity index (χ0v) is 10.9. The number of nitrogens with two attached hydrogens (primary N) is 1. The number of amides is 1. The molecule has 0 aliphatic rings. The minimum absolute atomic E-state index is 0.170. The van der Waals surface area contributed by atoms with Crippen molar-refractivity contribution in [2.24, 2.45) is 5.73 Å². The van der Waals surface area contributed by atoms with Crippen LogP contribution in [0, 0.1) is 0 Å². The molecule has 1 aromatic heterocycles. The molecule has 1 unspecified atom stereocenters. The van der Waals surface area contributed by atoms with E-state index < -0.39 is 6.04 Å². The molecule has 1 heterocycles. The van der Waals surface area contributed by atoms with E-state index in [9.17, 15) is 4.79 Å². The van der Waals surface area contributed by atoms with Crippen LogP contribution >= 0.6 is 0 Å². The molecule has 102 valence electrons. The first-order valence-corrected chi connectivity index (χ1v) is 6.08. The fraction of sp³-hybridized carbons (Fsp3) is 0.727. The van der Waals surface area contributed by atoms with Gasteiger partial charge in [-0.05, 0) is 19.8 Å². The van der Waals surface area contributed by atoms with Crippen molar-refractivity contribution in [1.82, 2.24) is 20.1 Å². The van der Waals surface area contributed by atoms with Crippen molar-refractivity contribution >= 4 is 5.91 Å². The summed E-state index contributed by atoms with van der Waals surface area (Å²) >= 11 is 0. The zero-order valence-electron chi connectivity index (χ0n) is 10.9. The molecule has 0 fully saturated rings. The molecule has 0 saturated carbocycles. The summed E-state index contributed by atoms with van der Waals surface area (Å²) in [5, 5.41) is 10.5. The Balaban J connectivity index is 2.32. The number of nitrogens with zero attached hydrogens (tertiary/aromatic N) is 3. The number of carbonyl (C=O) groups excluding carboxylic acids is 1. The van der Waals surface area contributed by atoms with Crippen molar-refractivity contribution in [3.8, 4) is 0 Å². The van der Waals surface area contributed by atoms with E-state index >= 15 is 0 Å². The van der Waals surface area contributed by atoms with Gasteiger partial charge in [-0.15, -0.1) is 10.2 Å². The van der Waals surface area contributed by atoms with Crippen molar-refractivity contribution in [1.29, 1.82) is 0 Å². The first-order valence-electron chi connectivity index (χ1n) is 6.08. The van der Waals surface area contributed by atoms with Gasteiger partial charge in [-0.25, -0.2) is 0 Å². The predicted molar refractivity (Wildman–Crippen MR) is 66.6 cm³/mol. The van der Waals surface area contributed by atoms with Gasteiger partial charge in [0.2, 0.25) is 5.91 Å². The zero-order chi connectivity index (χ0) is 13.4. The minimum atomic E-state index is -0.502. The highest BCUT2D eigenvalue weighted by Gasteiger charge is 2.13. The Hall–Kier alpha value is -1.47. The van der Waals surface area contributed by atoms with E-state index in [0.717, 1.165) is 18.8 Å². The van der Waals surface area contributed by atoms with Crippen LogP contribution in [0.25, 0.3) is 0 Å². The quantitative estimate of drug-likeness (QED) is 0.620. The first kappa shape index (κ1) is 14.6. The SMILES string of the molecule is CCn1cnnc1CNC(=O)C(N)CCCOC. The molecule has 1 amide bonds. The van der Waals surface area contributed by atoms with Crippen molar-refractivity contribution < 1.29 is 9.53 Å². The molecule has 0 saturated heterocycles. The lowest BCUT2D eigenvalue weighted by Crippen LogP contribution is -2.40. The van der Waals surface area contributed by atoms with Crippen molar-refractivity contribution in [3.05, 3.63) is 12.2 Å². The third-order valence-electron chi connectivity index (χ3n) is 2.66. The molecule has 7 nitrogen and oxygen atoms in total. The fourth-order valence-electron chi connectivity index (χ4n) is 1.56. The number of hydrogen-bond donors (Lipinski definition) is 2. The Morgan fingerprint density at radius 1 is 1.67 bits per heavy atom. The molecule has 0 aliphatic heterocycles. The normalized spacial score (nSPS) is 12.4. The molecule has 0 aromatic carbocycles. The van der Waals surface area contributed by atoms with Crippen LogP contribution in [0.1, 0.15) is 25.6 Å². The number of nitrogens with one attached hydrogen (secondary N) is 1. The summed E-state index contributed by atoms with van der Waals surface area (Å²) in [6.07, 6.45) is 3.02. The number of methoxy groups -OCH3 is 1. The van der Waals surface area contributed by atoms with E-state index in [1.807, 2.05) is 11.5 Å². The highest BCUT2D eigenvalue weighted by atomic mass is 16.5. The van der Waals surface area contributed by atoms with Gasteiger partial charge in [0.15, 0.2) is 5.82 Å². The number of rotatable bonds is 8. The predicted octanol–water partition coefficient (Wildman–Crippen LogP) is -0.332. The first-order chi connectivity index (χ1) is 8.69. The van der Waals surface area contributed by atoms with E-state index in [2.05, 4.69) is 15.5 Å². The summed E-state index contributed by atoms with van der Waals surface area (Å²) in [7, 11) is 1.63. The van der Waals surface area contributed by atoms with E-state index in [1.54, 1.807) is 13.4 Å². The second-order valence-corrected chi connectivity index (χ2v) is 3.99. The maximum absolute atomic E-state index is 11.7.